The molecule has 184 valence electrons. The lowest BCUT2D eigenvalue weighted by Gasteiger charge is -2.58. The van der Waals surface area contributed by atoms with Crippen LogP contribution in [0, 0.1) is 16.7 Å². The highest BCUT2D eigenvalue weighted by Gasteiger charge is 2.86. The second-order valence-corrected chi connectivity index (χ2v) is 10.5. The van der Waals surface area contributed by atoms with Crippen molar-refractivity contribution in [3.05, 3.63) is 11.6 Å². The molecule has 2 aliphatic heterocycles. The summed E-state index contributed by atoms with van der Waals surface area (Å²) in [6, 6.07) is 0. The Labute approximate surface area is 193 Å². The highest BCUT2D eigenvalue weighted by molar-refractivity contribution is 5.70. The molecule has 8 atom stereocenters. The Morgan fingerprint density at radius 2 is 1.88 bits per heavy atom. The van der Waals surface area contributed by atoms with Gasteiger partial charge in [-0.2, -0.15) is 0 Å². The first kappa shape index (κ1) is 24.2. The summed E-state index contributed by atoms with van der Waals surface area (Å²) < 4.78 is 29.4. The van der Waals surface area contributed by atoms with Crippen LogP contribution in [0.25, 0.3) is 0 Å². The average molecular weight is 467 g/mol. The zero-order chi connectivity index (χ0) is 24.3. The van der Waals surface area contributed by atoms with Gasteiger partial charge in [0.05, 0.1) is 23.5 Å². The molecule has 9 nitrogen and oxygen atoms in total. The van der Waals surface area contributed by atoms with Crippen LogP contribution in [0.2, 0.25) is 0 Å². The van der Waals surface area contributed by atoms with Crippen LogP contribution in [-0.4, -0.2) is 72.3 Å². The third-order valence-electron chi connectivity index (χ3n) is 8.00. The first-order valence-electron chi connectivity index (χ1n) is 11.5. The van der Waals surface area contributed by atoms with Crippen LogP contribution in [-0.2, 0) is 38.1 Å². The Kier molecular flexibility index (Phi) is 5.90. The number of ether oxygens (including phenoxy) is 5. The van der Waals surface area contributed by atoms with Crippen LogP contribution >= 0.6 is 0 Å². The van der Waals surface area contributed by atoms with E-state index in [0.29, 0.717) is 6.61 Å². The maximum atomic E-state index is 12.5. The second kappa shape index (κ2) is 8.06. The molecule has 1 N–H and O–H groups in total. The van der Waals surface area contributed by atoms with Gasteiger partial charge in [-0.05, 0) is 18.4 Å². The van der Waals surface area contributed by atoms with Gasteiger partial charge >= 0.3 is 17.9 Å². The minimum atomic E-state index is -1.11. The second-order valence-electron chi connectivity index (χ2n) is 10.5. The Balaban J connectivity index is 1.79. The third kappa shape index (κ3) is 3.51. The highest BCUT2D eigenvalue weighted by atomic mass is 16.7. The summed E-state index contributed by atoms with van der Waals surface area (Å²) in [6.07, 6.45) is -1.46. The maximum Gasteiger partial charge on any atom is 0.306 e. The number of epoxide rings is 1. The van der Waals surface area contributed by atoms with E-state index in [-0.39, 0.29) is 31.3 Å². The third-order valence-corrected chi connectivity index (χ3v) is 8.00. The fourth-order valence-electron chi connectivity index (χ4n) is 6.26. The number of carbonyl (C=O) groups is 3. The maximum absolute atomic E-state index is 12.5. The van der Waals surface area contributed by atoms with E-state index in [1.165, 1.54) is 13.8 Å². The summed E-state index contributed by atoms with van der Waals surface area (Å²) in [4.78, 5) is 36.4. The molecule has 2 heterocycles. The van der Waals surface area contributed by atoms with E-state index in [1.807, 2.05) is 33.8 Å². The molecule has 0 aromatic heterocycles. The van der Waals surface area contributed by atoms with Crippen molar-refractivity contribution >= 4 is 17.9 Å². The van der Waals surface area contributed by atoms with E-state index in [1.54, 1.807) is 0 Å². The number of fused-ring (bicyclic) bond motifs is 2. The Morgan fingerprint density at radius 3 is 2.42 bits per heavy atom. The summed E-state index contributed by atoms with van der Waals surface area (Å²) in [5, 5.41) is 11.2. The molecule has 2 bridgehead atoms. The fraction of sp³-hybridized carbons (Fsp3) is 0.792. The van der Waals surface area contributed by atoms with Gasteiger partial charge in [-0.15, -0.1) is 0 Å². The highest BCUT2D eigenvalue weighted by Crippen LogP contribution is 2.72. The van der Waals surface area contributed by atoms with Crippen molar-refractivity contribution in [2.45, 2.75) is 90.5 Å². The molecule has 4 aliphatic rings. The normalized spacial score (nSPS) is 43.0. The number of hydrogen-bond acceptors (Lipinski definition) is 9. The van der Waals surface area contributed by atoms with Crippen molar-refractivity contribution in [3.63, 3.8) is 0 Å². The molecule has 9 heteroatoms. The lowest BCUT2D eigenvalue weighted by atomic mass is 9.51. The fourth-order valence-corrected chi connectivity index (χ4v) is 6.26. The van der Waals surface area contributed by atoms with Gasteiger partial charge in [0.15, 0.2) is 0 Å². The molecule has 3 fully saturated rings. The molecule has 1 spiro atoms. The number of aliphatic hydroxyl groups is 1. The van der Waals surface area contributed by atoms with Gasteiger partial charge < -0.3 is 28.8 Å². The van der Waals surface area contributed by atoms with Crippen molar-refractivity contribution in [1.82, 2.24) is 0 Å². The van der Waals surface area contributed by atoms with Gasteiger partial charge in [-0.3, -0.25) is 14.4 Å². The topological polar surface area (TPSA) is 121 Å². The summed E-state index contributed by atoms with van der Waals surface area (Å²) in [5.74, 6) is -1.18. The molecule has 0 unspecified atom stereocenters. The molecule has 0 amide bonds. The summed E-state index contributed by atoms with van der Waals surface area (Å²) >= 11 is 0. The first-order chi connectivity index (χ1) is 15.4. The molecule has 1 saturated carbocycles. The summed E-state index contributed by atoms with van der Waals surface area (Å²) in [7, 11) is 0. The molecule has 2 saturated heterocycles. The minimum absolute atomic E-state index is 0.0617. The quantitative estimate of drug-likeness (QED) is 0.270. The van der Waals surface area contributed by atoms with Gasteiger partial charge in [-0.25, -0.2) is 0 Å². The van der Waals surface area contributed by atoms with Gasteiger partial charge in [0, 0.05) is 26.7 Å². The molecular formula is C24H34O9. The molecule has 0 aromatic rings. The predicted molar refractivity (Wildman–Crippen MR) is 114 cm³/mol. The van der Waals surface area contributed by atoms with E-state index in [0.717, 1.165) is 5.57 Å². The van der Waals surface area contributed by atoms with Crippen molar-refractivity contribution in [1.29, 1.82) is 0 Å². The molecular weight excluding hydrogens is 432 g/mol. The Bertz CT molecular complexity index is 875. The van der Waals surface area contributed by atoms with Crippen LogP contribution in [0.1, 0.15) is 54.4 Å². The summed E-state index contributed by atoms with van der Waals surface area (Å²) in [6.45, 7) is 10.5. The van der Waals surface area contributed by atoms with E-state index in [9.17, 15) is 19.5 Å². The minimum Gasteiger partial charge on any atom is -0.465 e. The Hall–Kier alpha value is -1.97. The number of hydrogen-bond donors (Lipinski definition) is 1. The van der Waals surface area contributed by atoms with E-state index in [4.69, 9.17) is 23.7 Å². The number of esters is 3. The predicted octanol–water partition coefficient (Wildman–Crippen LogP) is 1.69. The lowest BCUT2D eigenvalue weighted by Crippen LogP contribution is -2.68. The number of rotatable bonds is 6. The molecule has 2 aliphatic carbocycles. The van der Waals surface area contributed by atoms with Gasteiger partial charge in [-0.1, -0.05) is 26.8 Å². The van der Waals surface area contributed by atoms with Crippen molar-refractivity contribution in [3.8, 4) is 0 Å². The molecule has 0 aromatic carbocycles. The van der Waals surface area contributed by atoms with Gasteiger partial charge in [0.25, 0.3) is 0 Å². The molecule has 0 radical (unpaired) electrons. The largest absolute Gasteiger partial charge is 0.465 e. The van der Waals surface area contributed by atoms with E-state index in [2.05, 4.69) is 0 Å². The average Bonchev–Trinajstić information content (AvgIpc) is 3.48. The van der Waals surface area contributed by atoms with Crippen molar-refractivity contribution < 1.29 is 43.2 Å². The number of carbonyl (C=O) groups excluding carboxylic acids is 3. The zero-order valence-corrected chi connectivity index (χ0v) is 20.1. The van der Waals surface area contributed by atoms with Crippen LogP contribution < -0.4 is 0 Å². The smallest absolute Gasteiger partial charge is 0.306 e. The number of aliphatic hydroxyl groups excluding tert-OH is 1. The standard InChI is InChI=1S/C24H34O9/c1-12(2)7-18(27)32-16-9-23(10-29-14(4)25)17(8-13(16)3)33-21-19(28)20(31-15(5)26)22(23,6)24(21)11-30-24/h8,12,16-17,19-21,28H,7,9-11H2,1-6H3/t16-,17-,19+,20+,21-,22+,23+,24+/m0/s1. The van der Waals surface area contributed by atoms with Crippen LogP contribution in [0.4, 0.5) is 0 Å². The summed E-state index contributed by atoms with van der Waals surface area (Å²) in [5.41, 5.74) is -2.00. The molecule has 4 rings (SSSR count). The van der Waals surface area contributed by atoms with Gasteiger partial charge in [0.2, 0.25) is 0 Å². The van der Waals surface area contributed by atoms with E-state index >= 15 is 0 Å². The monoisotopic (exact) mass is 466 g/mol. The van der Waals surface area contributed by atoms with Crippen LogP contribution in [0.5, 0.6) is 0 Å². The SMILES string of the molecule is CC(=O)OC[C@]12C[C@H](OC(=O)CC(C)C)C(C)=C[C@@H]1O[C@H]1[C@H](O)[C@@H](OC(C)=O)[C@@]2(C)[C@@]12CO2. The van der Waals surface area contributed by atoms with Crippen molar-refractivity contribution in [2.75, 3.05) is 13.2 Å². The lowest BCUT2D eigenvalue weighted by molar-refractivity contribution is -0.241. The van der Waals surface area contributed by atoms with Crippen LogP contribution in [0.3, 0.4) is 0 Å². The van der Waals surface area contributed by atoms with E-state index < -0.39 is 58.9 Å². The molecule has 33 heavy (non-hydrogen) atoms. The van der Waals surface area contributed by atoms with Crippen LogP contribution in [0.15, 0.2) is 11.6 Å². The van der Waals surface area contributed by atoms with Gasteiger partial charge in [0.1, 0.15) is 36.6 Å². The first-order valence-corrected chi connectivity index (χ1v) is 11.5. The Morgan fingerprint density at radius 1 is 1.21 bits per heavy atom. The van der Waals surface area contributed by atoms with Crippen molar-refractivity contribution in [2.24, 2.45) is 16.7 Å². The zero-order valence-electron chi connectivity index (χ0n) is 20.1.